The van der Waals surface area contributed by atoms with Crippen molar-refractivity contribution in [1.29, 1.82) is 0 Å². The Kier molecular flexibility index (Phi) is 6.43. The SMILES string of the molecule is Cl.OCCNCC[C@H]1CCCc2c1cnn2-c1ccccc1. The van der Waals surface area contributed by atoms with Gasteiger partial charge in [-0.25, -0.2) is 4.68 Å². The van der Waals surface area contributed by atoms with Crippen LogP contribution in [0, 0.1) is 0 Å². The highest BCUT2D eigenvalue weighted by molar-refractivity contribution is 5.85. The van der Waals surface area contributed by atoms with Gasteiger partial charge in [-0.15, -0.1) is 12.4 Å². The quantitative estimate of drug-likeness (QED) is 0.804. The van der Waals surface area contributed by atoms with Crippen LogP contribution in [-0.2, 0) is 6.42 Å². The van der Waals surface area contributed by atoms with Crippen molar-refractivity contribution in [2.24, 2.45) is 0 Å². The van der Waals surface area contributed by atoms with Crippen LogP contribution in [0.1, 0.15) is 36.4 Å². The molecular formula is C17H24ClN3O. The number of hydrogen-bond donors (Lipinski definition) is 2. The number of nitrogens with zero attached hydrogens (tertiary/aromatic N) is 2. The van der Waals surface area contributed by atoms with Crippen molar-refractivity contribution in [3.05, 3.63) is 47.8 Å². The molecule has 0 fully saturated rings. The lowest BCUT2D eigenvalue weighted by atomic mass is 9.85. The average molecular weight is 322 g/mol. The summed E-state index contributed by atoms with van der Waals surface area (Å²) in [5.74, 6) is 0.595. The van der Waals surface area contributed by atoms with Gasteiger partial charge < -0.3 is 10.4 Å². The number of aromatic nitrogens is 2. The van der Waals surface area contributed by atoms with Crippen LogP contribution in [0.15, 0.2) is 36.5 Å². The number of benzene rings is 1. The fourth-order valence-electron chi connectivity index (χ4n) is 3.22. The van der Waals surface area contributed by atoms with Gasteiger partial charge in [-0.2, -0.15) is 5.10 Å². The van der Waals surface area contributed by atoms with Crippen LogP contribution in [0.5, 0.6) is 0 Å². The van der Waals surface area contributed by atoms with Gasteiger partial charge in [0.2, 0.25) is 0 Å². The molecule has 0 saturated heterocycles. The zero-order valence-electron chi connectivity index (χ0n) is 12.7. The molecule has 1 aliphatic carbocycles. The van der Waals surface area contributed by atoms with Gasteiger partial charge in [0, 0.05) is 12.2 Å². The van der Waals surface area contributed by atoms with Gasteiger partial charge in [0.25, 0.3) is 0 Å². The molecule has 2 N–H and O–H groups in total. The minimum atomic E-state index is 0. The minimum absolute atomic E-state index is 0. The van der Waals surface area contributed by atoms with E-state index in [4.69, 9.17) is 5.11 Å². The first-order valence-corrected chi connectivity index (χ1v) is 7.84. The standard InChI is InChI=1S/C17H23N3O.ClH/c21-12-11-18-10-9-14-5-4-8-17-16(14)13-19-20(17)15-6-2-1-3-7-15;/h1-3,6-7,13-14,18,21H,4-5,8-12H2;1H/t14-;/m1./s1. The minimum Gasteiger partial charge on any atom is -0.395 e. The molecule has 2 aromatic rings. The summed E-state index contributed by atoms with van der Waals surface area (Å²) in [5.41, 5.74) is 3.94. The molecule has 0 radical (unpaired) electrons. The second kappa shape index (κ2) is 8.32. The van der Waals surface area contributed by atoms with Crippen molar-refractivity contribution in [2.45, 2.75) is 31.6 Å². The predicted octanol–water partition coefficient (Wildman–Crippen LogP) is 2.69. The third-order valence-corrected chi connectivity index (χ3v) is 4.27. The Hall–Kier alpha value is -1.36. The summed E-state index contributed by atoms with van der Waals surface area (Å²) in [7, 11) is 0. The number of halogens is 1. The third kappa shape index (κ3) is 3.69. The molecule has 0 aliphatic heterocycles. The number of rotatable bonds is 6. The largest absolute Gasteiger partial charge is 0.395 e. The topological polar surface area (TPSA) is 50.1 Å². The highest BCUT2D eigenvalue weighted by atomic mass is 35.5. The number of fused-ring (bicyclic) bond motifs is 1. The van der Waals surface area contributed by atoms with Crippen molar-refractivity contribution in [3.8, 4) is 5.69 Å². The molecule has 4 nitrogen and oxygen atoms in total. The number of aliphatic hydroxyl groups is 1. The van der Waals surface area contributed by atoms with E-state index in [1.165, 1.54) is 24.1 Å². The Bertz CT molecular complexity index is 571. The van der Waals surface area contributed by atoms with E-state index >= 15 is 0 Å². The summed E-state index contributed by atoms with van der Waals surface area (Å²) in [5, 5.41) is 16.7. The van der Waals surface area contributed by atoms with Gasteiger partial charge in [-0.3, -0.25) is 0 Å². The summed E-state index contributed by atoms with van der Waals surface area (Å²) in [4.78, 5) is 0. The van der Waals surface area contributed by atoms with E-state index in [-0.39, 0.29) is 19.0 Å². The molecule has 0 amide bonds. The lowest BCUT2D eigenvalue weighted by Gasteiger charge is -2.23. The highest BCUT2D eigenvalue weighted by Gasteiger charge is 2.24. The molecule has 120 valence electrons. The summed E-state index contributed by atoms with van der Waals surface area (Å²) < 4.78 is 2.10. The molecule has 1 atom stereocenters. The van der Waals surface area contributed by atoms with Gasteiger partial charge in [-0.05, 0) is 55.8 Å². The maximum atomic E-state index is 8.81. The first-order valence-electron chi connectivity index (χ1n) is 7.84. The van der Waals surface area contributed by atoms with Crippen molar-refractivity contribution in [1.82, 2.24) is 15.1 Å². The maximum Gasteiger partial charge on any atom is 0.0648 e. The van der Waals surface area contributed by atoms with Crippen molar-refractivity contribution in [2.75, 3.05) is 19.7 Å². The molecular weight excluding hydrogens is 298 g/mol. The highest BCUT2D eigenvalue weighted by Crippen LogP contribution is 2.34. The van der Waals surface area contributed by atoms with Crippen LogP contribution in [0.4, 0.5) is 0 Å². The van der Waals surface area contributed by atoms with E-state index in [0.717, 1.165) is 25.1 Å². The van der Waals surface area contributed by atoms with Crippen LogP contribution in [0.25, 0.3) is 5.69 Å². The van der Waals surface area contributed by atoms with Crippen LogP contribution in [0.2, 0.25) is 0 Å². The Morgan fingerprint density at radius 1 is 1.23 bits per heavy atom. The van der Waals surface area contributed by atoms with E-state index in [1.54, 1.807) is 0 Å². The zero-order valence-corrected chi connectivity index (χ0v) is 13.6. The molecule has 22 heavy (non-hydrogen) atoms. The first kappa shape index (κ1) is 17.0. The van der Waals surface area contributed by atoms with E-state index in [0.29, 0.717) is 12.5 Å². The van der Waals surface area contributed by atoms with Gasteiger partial charge in [0.1, 0.15) is 0 Å². The van der Waals surface area contributed by atoms with Crippen molar-refractivity contribution >= 4 is 12.4 Å². The van der Waals surface area contributed by atoms with Gasteiger partial charge >= 0.3 is 0 Å². The molecule has 0 saturated carbocycles. The van der Waals surface area contributed by atoms with Gasteiger partial charge in [0.05, 0.1) is 18.5 Å². The van der Waals surface area contributed by atoms with Crippen molar-refractivity contribution < 1.29 is 5.11 Å². The van der Waals surface area contributed by atoms with Crippen LogP contribution in [0.3, 0.4) is 0 Å². The monoisotopic (exact) mass is 321 g/mol. The first-order chi connectivity index (χ1) is 10.4. The number of aliphatic hydroxyl groups excluding tert-OH is 1. The molecule has 3 rings (SSSR count). The lowest BCUT2D eigenvalue weighted by molar-refractivity contribution is 0.291. The Morgan fingerprint density at radius 3 is 2.82 bits per heavy atom. The molecule has 1 aromatic heterocycles. The normalized spacial score (nSPS) is 16.9. The van der Waals surface area contributed by atoms with E-state index in [1.807, 2.05) is 6.07 Å². The summed E-state index contributed by atoms with van der Waals surface area (Å²) in [6.45, 7) is 1.85. The second-order valence-corrected chi connectivity index (χ2v) is 5.65. The second-order valence-electron chi connectivity index (χ2n) is 5.65. The van der Waals surface area contributed by atoms with Gasteiger partial charge in [-0.1, -0.05) is 18.2 Å². The summed E-state index contributed by atoms with van der Waals surface area (Å²) >= 11 is 0. The number of para-hydroxylation sites is 1. The predicted molar refractivity (Wildman–Crippen MR) is 91.1 cm³/mol. The fourth-order valence-corrected chi connectivity index (χ4v) is 3.22. The summed E-state index contributed by atoms with van der Waals surface area (Å²) in [6, 6.07) is 10.4. The van der Waals surface area contributed by atoms with Crippen molar-refractivity contribution in [3.63, 3.8) is 0 Å². The molecule has 0 spiro atoms. The fraction of sp³-hybridized carbons (Fsp3) is 0.471. The van der Waals surface area contributed by atoms with Gasteiger partial charge in [0.15, 0.2) is 0 Å². The zero-order chi connectivity index (χ0) is 14.5. The van der Waals surface area contributed by atoms with E-state index in [2.05, 4.69) is 45.6 Å². The molecule has 0 unspecified atom stereocenters. The Labute approximate surface area is 138 Å². The van der Waals surface area contributed by atoms with Crippen LogP contribution < -0.4 is 5.32 Å². The van der Waals surface area contributed by atoms with Crippen LogP contribution in [-0.4, -0.2) is 34.6 Å². The molecule has 0 bridgehead atoms. The average Bonchev–Trinajstić information content (AvgIpc) is 2.97. The third-order valence-electron chi connectivity index (χ3n) is 4.27. The Morgan fingerprint density at radius 2 is 2.05 bits per heavy atom. The Balaban J connectivity index is 0.00000176. The molecule has 1 aliphatic rings. The smallest absolute Gasteiger partial charge is 0.0648 e. The maximum absolute atomic E-state index is 8.81. The van der Waals surface area contributed by atoms with E-state index in [9.17, 15) is 0 Å². The summed E-state index contributed by atoms with van der Waals surface area (Å²) in [6.07, 6.45) is 6.76. The van der Waals surface area contributed by atoms with Crippen LogP contribution >= 0.6 is 12.4 Å². The van der Waals surface area contributed by atoms with E-state index < -0.39 is 0 Å². The molecule has 1 heterocycles. The number of hydrogen-bond acceptors (Lipinski definition) is 3. The molecule has 5 heteroatoms. The lowest BCUT2D eigenvalue weighted by Crippen LogP contribution is -2.22. The number of nitrogens with one attached hydrogen (secondary N) is 1. The molecule has 1 aromatic carbocycles.